The summed E-state index contributed by atoms with van der Waals surface area (Å²) >= 11 is 0. The lowest BCUT2D eigenvalue weighted by Gasteiger charge is -2.12. The van der Waals surface area contributed by atoms with Crippen molar-refractivity contribution in [2.45, 2.75) is 12.7 Å². The molecule has 0 aromatic rings. The van der Waals surface area contributed by atoms with E-state index in [1.807, 2.05) is 0 Å². The van der Waals surface area contributed by atoms with Gasteiger partial charge in [-0.25, -0.2) is 0 Å². The van der Waals surface area contributed by atoms with Gasteiger partial charge in [-0.2, -0.15) is 0 Å². The molecule has 1 nitrogen and oxygen atoms in total. The summed E-state index contributed by atoms with van der Waals surface area (Å²) in [5.74, 6) is 0.685. The number of nitrogens with zero attached hydrogens (tertiary/aromatic N) is 1. The van der Waals surface area contributed by atoms with Crippen LogP contribution in [0.1, 0.15) is 6.92 Å². The Hall–Kier alpha value is -0.235. The van der Waals surface area contributed by atoms with Crippen LogP contribution in [0.4, 0.5) is 0 Å². The molecule has 0 rings (SSSR count). The van der Waals surface area contributed by atoms with Crippen molar-refractivity contribution in [2.24, 2.45) is 0 Å². The third-order valence-electron chi connectivity index (χ3n) is 1.17. The molecule has 0 aromatic heterocycles. The zero-order valence-corrected chi connectivity index (χ0v) is 6.89. The van der Waals surface area contributed by atoms with Crippen LogP contribution < -0.4 is 0 Å². The zero-order chi connectivity index (χ0) is 7.28. The summed E-state index contributed by atoms with van der Waals surface area (Å²) in [4.78, 5) is 2.20. The van der Waals surface area contributed by atoms with Crippen LogP contribution in [0.3, 0.4) is 0 Å². The second kappa shape index (κ2) is 4.63. The van der Waals surface area contributed by atoms with Crippen LogP contribution >= 0.6 is 0 Å². The summed E-state index contributed by atoms with van der Waals surface area (Å²) in [5.41, 5.74) is 0. The van der Waals surface area contributed by atoms with Crippen LogP contribution in [0.15, 0.2) is 12.2 Å². The van der Waals surface area contributed by atoms with E-state index in [2.05, 4.69) is 45.9 Å². The summed E-state index contributed by atoms with van der Waals surface area (Å²) in [6.45, 7) is 3.20. The summed E-state index contributed by atoms with van der Waals surface area (Å²) in [6.07, 6.45) is 4.33. The minimum Gasteiger partial charge on any atom is -0.310 e. The predicted molar refractivity (Wildman–Crippen MR) is 45.7 cm³/mol. The van der Waals surface area contributed by atoms with Crippen LogP contribution in [0.5, 0.6) is 0 Å². The third-order valence-corrected chi connectivity index (χ3v) is 1.17. The van der Waals surface area contributed by atoms with Gasteiger partial charge in [0.15, 0.2) is 0 Å². The maximum atomic E-state index is 2.22. The molecule has 0 aliphatic heterocycles. The Labute approximate surface area is 59.2 Å². The van der Waals surface area contributed by atoms with Crippen molar-refractivity contribution in [2.75, 3.05) is 20.6 Å². The molecule has 9 heavy (non-hydrogen) atoms. The molecule has 0 N–H and O–H groups in total. The molecule has 0 saturated heterocycles. The molecule has 0 fully saturated rings. The maximum Gasteiger partial charge on any atom is 0.111 e. The average Bonchev–Trinajstić information content (AvgIpc) is 1.63. The SMILES string of the molecule is BC(/C=C\C)CN(C)C. The van der Waals surface area contributed by atoms with Crippen molar-refractivity contribution < 1.29 is 0 Å². The molecule has 0 saturated carbocycles. The van der Waals surface area contributed by atoms with Gasteiger partial charge in [-0.1, -0.05) is 12.2 Å². The van der Waals surface area contributed by atoms with Gasteiger partial charge in [-0.05, 0) is 33.4 Å². The summed E-state index contributed by atoms with van der Waals surface area (Å²) < 4.78 is 0. The molecule has 52 valence electrons. The maximum absolute atomic E-state index is 2.22. The van der Waals surface area contributed by atoms with Crippen LogP contribution in [0.2, 0.25) is 5.82 Å². The number of hydrogen-bond acceptors (Lipinski definition) is 1. The lowest BCUT2D eigenvalue weighted by atomic mass is 9.87. The molecule has 0 amide bonds. The standard InChI is InChI=1S/C7H16BN/c1-4-5-7(8)6-9(2)3/h4-5,7H,6,8H2,1-3H3/b5-4-. The van der Waals surface area contributed by atoms with E-state index in [0.29, 0.717) is 5.82 Å². The van der Waals surface area contributed by atoms with Crippen molar-refractivity contribution >= 4 is 7.85 Å². The lowest BCUT2D eigenvalue weighted by Crippen LogP contribution is -2.16. The van der Waals surface area contributed by atoms with E-state index < -0.39 is 0 Å². The van der Waals surface area contributed by atoms with Crippen molar-refractivity contribution in [1.29, 1.82) is 0 Å². The van der Waals surface area contributed by atoms with E-state index in [0.717, 1.165) is 6.54 Å². The first-order valence-electron chi connectivity index (χ1n) is 3.44. The smallest absolute Gasteiger partial charge is 0.111 e. The Bertz CT molecular complexity index is 88.9. The molecule has 0 spiro atoms. The first-order valence-corrected chi connectivity index (χ1v) is 3.44. The normalized spacial score (nSPS) is 15.1. The van der Waals surface area contributed by atoms with E-state index in [9.17, 15) is 0 Å². The van der Waals surface area contributed by atoms with Crippen molar-refractivity contribution in [3.63, 3.8) is 0 Å². The molecule has 2 heteroatoms. The Morgan fingerprint density at radius 2 is 2.11 bits per heavy atom. The highest BCUT2D eigenvalue weighted by Gasteiger charge is 1.96. The van der Waals surface area contributed by atoms with E-state index in [1.165, 1.54) is 0 Å². The summed E-state index contributed by atoms with van der Waals surface area (Å²) in [7, 11) is 6.42. The lowest BCUT2D eigenvalue weighted by molar-refractivity contribution is 0.417. The van der Waals surface area contributed by atoms with Crippen LogP contribution in [-0.2, 0) is 0 Å². The Morgan fingerprint density at radius 1 is 1.56 bits per heavy atom. The monoisotopic (exact) mass is 125 g/mol. The van der Waals surface area contributed by atoms with Crippen LogP contribution in [0, 0.1) is 0 Å². The van der Waals surface area contributed by atoms with Gasteiger partial charge < -0.3 is 4.90 Å². The predicted octanol–water partition coefficient (Wildman–Crippen LogP) is 0.546. The second-order valence-electron chi connectivity index (χ2n) is 2.77. The molecular formula is C7H16BN. The molecule has 1 atom stereocenters. The van der Waals surface area contributed by atoms with E-state index in [4.69, 9.17) is 0 Å². The van der Waals surface area contributed by atoms with Gasteiger partial charge in [0.1, 0.15) is 7.85 Å². The topological polar surface area (TPSA) is 3.24 Å². The minimum atomic E-state index is 0.685. The molecule has 0 aliphatic rings. The Balaban J connectivity index is 3.38. The van der Waals surface area contributed by atoms with Gasteiger partial charge in [0.2, 0.25) is 0 Å². The molecule has 0 aromatic carbocycles. The third kappa shape index (κ3) is 5.64. The summed E-state index contributed by atoms with van der Waals surface area (Å²) in [5, 5.41) is 0. The molecule has 0 aliphatic carbocycles. The van der Waals surface area contributed by atoms with Crippen molar-refractivity contribution in [3.05, 3.63) is 12.2 Å². The number of rotatable bonds is 3. The number of allylic oxidation sites excluding steroid dienone is 1. The first kappa shape index (κ1) is 8.76. The molecule has 1 unspecified atom stereocenters. The Kier molecular flexibility index (Phi) is 4.50. The summed E-state index contributed by atoms with van der Waals surface area (Å²) in [6, 6.07) is 0. The van der Waals surface area contributed by atoms with E-state index in [1.54, 1.807) is 0 Å². The average molecular weight is 125 g/mol. The largest absolute Gasteiger partial charge is 0.310 e. The fraction of sp³-hybridized carbons (Fsp3) is 0.714. The highest BCUT2D eigenvalue weighted by molar-refractivity contribution is 6.13. The van der Waals surface area contributed by atoms with Crippen LogP contribution in [-0.4, -0.2) is 33.4 Å². The second-order valence-corrected chi connectivity index (χ2v) is 2.77. The first-order chi connectivity index (χ1) is 4.16. The van der Waals surface area contributed by atoms with Gasteiger partial charge in [0.25, 0.3) is 0 Å². The molecule has 0 bridgehead atoms. The van der Waals surface area contributed by atoms with Crippen LogP contribution in [0.25, 0.3) is 0 Å². The van der Waals surface area contributed by atoms with Gasteiger partial charge in [-0.15, -0.1) is 0 Å². The Morgan fingerprint density at radius 3 is 2.44 bits per heavy atom. The highest BCUT2D eigenvalue weighted by Crippen LogP contribution is 2.00. The van der Waals surface area contributed by atoms with Gasteiger partial charge in [0, 0.05) is 0 Å². The number of hydrogen-bond donors (Lipinski definition) is 0. The van der Waals surface area contributed by atoms with Gasteiger partial charge >= 0.3 is 0 Å². The van der Waals surface area contributed by atoms with E-state index >= 15 is 0 Å². The fourth-order valence-electron chi connectivity index (χ4n) is 0.965. The highest BCUT2D eigenvalue weighted by atomic mass is 15.0. The zero-order valence-electron chi connectivity index (χ0n) is 6.89. The molecule has 0 radical (unpaired) electrons. The van der Waals surface area contributed by atoms with Gasteiger partial charge in [-0.3, -0.25) is 0 Å². The quantitative estimate of drug-likeness (QED) is 0.393. The molecule has 0 heterocycles. The minimum absolute atomic E-state index is 0.685. The molecular weight excluding hydrogens is 109 g/mol. The fourth-order valence-corrected chi connectivity index (χ4v) is 0.965. The van der Waals surface area contributed by atoms with Crippen molar-refractivity contribution in [1.82, 2.24) is 4.90 Å². The van der Waals surface area contributed by atoms with Gasteiger partial charge in [0.05, 0.1) is 0 Å². The van der Waals surface area contributed by atoms with Crippen molar-refractivity contribution in [3.8, 4) is 0 Å². The van der Waals surface area contributed by atoms with E-state index in [-0.39, 0.29) is 0 Å².